The molecule has 2 aliphatic rings. The molecule has 7 heteroatoms. The van der Waals surface area contributed by atoms with Crippen LogP contribution in [-0.4, -0.2) is 56.7 Å². The number of benzene rings is 1. The number of nitrogens with zero attached hydrogens (tertiary/aromatic N) is 6. The van der Waals surface area contributed by atoms with E-state index in [-0.39, 0.29) is 5.82 Å². The zero-order valence-corrected chi connectivity index (χ0v) is 13.6. The van der Waals surface area contributed by atoms with Gasteiger partial charge in [0.25, 0.3) is 0 Å². The highest BCUT2D eigenvalue weighted by Gasteiger charge is 2.32. The van der Waals surface area contributed by atoms with Crippen LogP contribution in [0.1, 0.15) is 18.4 Å². The Morgan fingerprint density at radius 1 is 1.21 bits per heavy atom. The highest BCUT2D eigenvalue weighted by Crippen LogP contribution is 2.28. The number of fused-ring (bicyclic) bond motifs is 4. The average Bonchev–Trinajstić information content (AvgIpc) is 3.22. The van der Waals surface area contributed by atoms with E-state index in [4.69, 9.17) is 0 Å². The fraction of sp³-hybridized carbons (Fsp3) is 0.471. The maximum absolute atomic E-state index is 14.5. The van der Waals surface area contributed by atoms with E-state index in [1.54, 1.807) is 4.52 Å². The topological polar surface area (TPSA) is 49.6 Å². The van der Waals surface area contributed by atoms with Gasteiger partial charge >= 0.3 is 0 Å². The first-order chi connectivity index (χ1) is 11.7. The Morgan fingerprint density at radius 3 is 3.04 bits per heavy atom. The Kier molecular flexibility index (Phi) is 3.00. The summed E-state index contributed by atoms with van der Waals surface area (Å²) in [5.74, 6) is 0.403. The van der Waals surface area contributed by atoms with Gasteiger partial charge in [-0.15, -0.1) is 0 Å². The van der Waals surface area contributed by atoms with Crippen molar-refractivity contribution >= 4 is 22.5 Å². The van der Waals surface area contributed by atoms with E-state index in [0.717, 1.165) is 25.2 Å². The van der Waals surface area contributed by atoms with Crippen molar-refractivity contribution in [2.24, 2.45) is 0 Å². The molecule has 0 spiro atoms. The number of piperazine rings is 1. The van der Waals surface area contributed by atoms with Gasteiger partial charge < -0.3 is 4.90 Å². The molecule has 1 atom stereocenters. The predicted octanol–water partition coefficient (Wildman–Crippen LogP) is 2.01. The number of rotatable bonds is 1. The number of aromatic nitrogens is 4. The molecule has 124 valence electrons. The van der Waals surface area contributed by atoms with Crippen LogP contribution in [0.5, 0.6) is 0 Å². The Hall–Kier alpha value is -2.28. The van der Waals surface area contributed by atoms with E-state index in [9.17, 15) is 4.39 Å². The van der Waals surface area contributed by atoms with Crippen LogP contribution in [0.4, 0.5) is 10.3 Å². The van der Waals surface area contributed by atoms with E-state index in [0.29, 0.717) is 28.5 Å². The molecule has 1 aromatic carbocycles. The van der Waals surface area contributed by atoms with Crippen molar-refractivity contribution in [3.63, 3.8) is 0 Å². The number of hydrogen-bond donors (Lipinski definition) is 0. The first-order valence-corrected chi connectivity index (χ1v) is 8.49. The molecule has 5 rings (SSSR count). The van der Waals surface area contributed by atoms with Crippen molar-refractivity contribution < 1.29 is 4.39 Å². The molecule has 2 aromatic heterocycles. The van der Waals surface area contributed by atoms with Crippen molar-refractivity contribution in [1.29, 1.82) is 0 Å². The summed E-state index contributed by atoms with van der Waals surface area (Å²) in [6.45, 7) is 5.90. The Labute approximate surface area is 138 Å². The molecule has 1 unspecified atom stereocenters. The molecule has 6 nitrogen and oxygen atoms in total. The number of aryl methyl sites for hydroxylation is 1. The van der Waals surface area contributed by atoms with Crippen molar-refractivity contribution in [2.45, 2.75) is 25.8 Å². The monoisotopic (exact) mass is 326 g/mol. The van der Waals surface area contributed by atoms with Gasteiger partial charge in [0, 0.05) is 31.1 Å². The van der Waals surface area contributed by atoms with Crippen LogP contribution in [0.3, 0.4) is 0 Å². The number of halogens is 1. The van der Waals surface area contributed by atoms with Gasteiger partial charge in [-0.3, -0.25) is 4.90 Å². The van der Waals surface area contributed by atoms with Crippen LogP contribution in [0.15, 0.2) is 18.5 Å². The van der Waals surface area contributed by atoms with Crippen molar-refractivity contribution in [2.75, 3.05) is 31.1 Å². The first-order valence-electron chi connectivity index (χ1n) is 8.49. The molecule has 2 saturated heterocycles. The zero-order valence-electron chi connectivity index (χ0n) is 13.6. The predicted molar refractivity (Wildman–Crippen MR) is 89.8 cm³/mol. The van der Waals surface area contributed by atoms with Gasteiger partial charge in [0.1, 0.15) is 17.7 Å². The Morgan fingerprint density at radius 2 is 2.12 bits per heavy atom. The van der Waals surface area contributed by atoms with Crippen molar-refractivity contribution in [1.82, 2.24) is 24.5 Å². The molecule has 3 aromatic rings. The van der Waals surface area contributed by atoms with Gasteiger partial charge in [0.15, 0.2) is 5.65 Å². The lowest BCUT2D eigenvalue weighted by Gasteiger charge is -2.37. The van der Waals surface area contributed by atoms with Crippen LogP contribution >= 0.6 is 0 Å². The molecule has 0 radical (unpaired) electrons. The summed E-state index contributed by atoms with van der Waals surface area (Å²) in [6.07, 6.45) is 4.00. The average molecular weight is 326 g/mol. The third-order valence-corrected chi connectivity index (χ3v) is 5.27. The van der Waals surface area contributed by atoms with Gasteiger partial charge in [-0.05, 0) is 44.0 Å². The van der Waals surface area contributed by atoms with Gasteiger partial charge in [-0.2, -0.15) is 9.61 Å². The third-order valence-electron chi connectivity index (χ3n) is 5.27. The summed E-state index contributed by atoms with van der Waals surface area (Å²) in [5.41, 5.74) is 1.91. The molecule has 0 saturated carbocycles. The van der Waals surface area contributed by atoms with E-state index in [2.05, 4.69) is 24.9 Å². The van der Waals surface area contributed by atoms with Crippen LogP contribution in [0.25, 0.3) is 16.6 Å². The number of hydrogen-bond acceptors (Lipinski definition) is 5. The molecule has 0 bridgehead atoms. The lowest BCUT2D eigenvalue weighted by molar-refractivity contribution is 0.229. The maximum Gasteiger partial charge on any atom is 0.229 e. The SMILES string of the molecule is Cc1cc(F)c2nc(N3CCN4CCCC4C3)n3ncnc3c2c1. The second-order valence-electron chi connectivity index (χ2n) is 6.83. The molecule has 0 N–H and O–H groups in total. The van der Waals surface area contributed by atoms with Crippen LogP contribution in [0, 0.1) is 12.7 Å². The minimum absolute atomic E-state index is 0.295. The quantitative estimate of drug-likeness (QED) is 0.685. The maximum atomic E-state index is 14.5. The number of anilines is 1. The van der Waals surface area contributed by atoms with Crippen LogP contribution in [-0.2, 0) is 0 Å². The van der Waals surface area contributed by atoms with Gasteiger partial charge in [0.05, 0.1) is 0 Å². The van der Waals surface area contributed by atoms with E-state index < -0.39 is 0 Å². The third kappa shape index (κ3) is 2.00. The first kappa shape index (κ1) is 14.1. The molecule has 2 fully saturated rings. The second-order valence-corrected chi connectivity index (χ2v) is 6.83. The minimum atomic E-state index is -0.295. The smallest absolute Gasteiger partial charge is 0.229 e. The molecule has 0 amide bonds. The van der Waals surface area contributed by atoms with Crippen LogP contribution < -0.4 is 4.90 Å². The van der Waals surface area contributed by atoms with E-state index in [1.807, 2.05) is 13.0 Å². The largest absolute Gasteiger partial charge is 0.338 e. The minimum Gasteiger partial charge on any atom is -0.338 e. The fourth-order valence-electron chi connectivity index (χ4n) is 4.11. The Balaban J connectivity index is 1.68. The van der Waals surface area contributed by atoms with Crippen molar-refractivity contribution in [3.05, 3.63) is 29.8 Å². The zero-order chi connectivity index (χ0) is 16.3. The summed E-state index contributed by atoms with van der Waals surface area (Å²) in [6, 6.07) is 4.02. The molecular formula is C17H19FN6. The molecular weight excluding hydrogens is 307 g/mol. The summed E-state index contributed by atoms with van der Waals surface area (Å²) in [4.78, 5) is 13.8. The van der Waals surface area contributed by atoms with E-state index >= 15 is 0 Å². The summed E-state index contributed by atoms with van der Waals surface area (Å²) < 4.78 is 16.3. The summed E-state index contributed by atoms with van der Waals surface area (Å²) >= 11 is 0. The standard InChI is InChI=1S/C17H19FN6/c1-11-7-13-15(14(18)8-11)21-17(24-16(13)19-10-20-24)23-6-5-22-4-2-3-12(22)9-23/h7-8,10,12H,2-6,9H2,1H3. The van der Waals surface area contributed by atoms with Gasteiger partial charge in [0.2, 0.25) is 5.95 Å². The van der Waals surface area contributed by atoms with Crippen LogP contribution in [0.2, 0.25) is 0 Å². The Bertz CT molecular complexity index is 936. The van der Waals surface area contributed by atoms with E-state index in [1.165, 1.54) is 31.8 Å². The fourth-order valence-corrected chi connectivity index (χ4v) is 4.11. The molecule has 2 aliphatic heterocycles. The lowest BCUT2D eigenvalue weighted by Crippen LogP contribution is -2.51. The van der Waals surface area contributed by atoms with Gasteiger partial charge in [-0.1, -0.05) is 0 Å². The van der Waals surface area contributed by atoms with Crippen molar-refractivity contribution in [3.8, 4) is 0 Å². The van der Waals surface area contributed by atoms with Gasteiger partial charge in [-0.25, -0.2) is 14.4 Å². The lowest BCUT2D eigenvalue weighted by atomic mass is 10.1. The molecule has 24 heavy (non-hydrogen) atoms. The second kappa shape index (κ2) is 5.11. The summed E-state index contributed by atoms with van der Waals surface area (Å²) in [7, 11) is 0. The molecule has 4 heterocycles. The highest BCUT2D eigenvalue weighted by atomic mass is 19.1. The summed E-state index contributed by atoms with van der Waals surface area (Å²) in [5, 5.41) is 5.07. The highest BCUT2D eigenvalue weighted by molar-refractivity contribution is 5.93. The normalized spacial score (nSPS) is 21.8. The molecule has 0 aliphatic carbocycles.